The van der Waals surface area contributed by atoms with Crippen LogP contribution in [0.25, 0.3) is 0 Å². The van der Waals surface area contributed by atoms with Crippen molar-refractivity contribution in [3.05, 3.63) is 0 Å². The van der Waals surface area contributed by atoms with E-state index in [1.807, 2.05) is 0 Å². The van der Waals surface area contributed by atoms with Crippen LogP contribution in [0, 0.1) is 5.92 Å². The van der Waals surface area contributed by atoms with Gasteiger partial charge in [0.15, 0.2) is 9.84 Å². The molecule has 18 heavy (non-hydrogen) atoms. The quantitative estimate of drug-likeness (QED) is 0.846. The molecule has 1 aliphatic carbocycles. The zero-order chi connectivity index (χ0) is 13.0. The third-order valence-electron chi connectivity index (χ3n) is 3.69. The molecule has 1 atom stereocenters. The van der Waals surface area contributed by atoms with E-state index in [-0.39, 0.29) is 23.5 Å². The predicted octanol–water partition coefficient (Wildman–Crippen LogP) is 1.48. The van der Waals surface area contributed by atoms with E-state index in [0.717, 1.165) is 25.7 Å². The molecule has 0 aromatic rings. The maximum Gasteiger partial charge on any atom is 0.407 e. The molecule has 2 rings (SSSR count). The Kier molecular flexibility index (Phi) is 4.48. The molecule has 0 aromatic heterocycles. The molecular formula is C12H21NO4S. The molecule has 0 spiro atoms. The van der Waals surface area contributed by atoms with Gasteiger partial charge in [-0.15, -0.1) is 0 Å². The first-order valence-corrected chi connectivity index (χ1v) is 8.52. The fraction of sp³-hybridized carbons (Fsp3) is 0.917. The van der Waals surface area contributed by atoms with Crippen LogP contribution in [0.2, 0.25) is 0 Å². The van der Waals surface area contributed by atoms with E-state index >= 15 is 0 Å². The lowest BCUT2D eigenvalue weighted by atomic mass is 9.98. The van der Waals surface area contributed by atoms with Crippen LogP contribution in [-0.4, -0.2) is 38.7 Å². The minimum Gasteiger partial charge on any atom is -0.446 e. The Morgan fingerprint density at radius 3 is 2.50 bits per heavy atom. The van der Waals surface area contributed by atoms with Gasteiger partial charge in [0.2, 0.25) is 0 Å². The number of hydrogen-bond acceptors (Lipinski definition) is 4. The SMILES string of the molecule is O=C(NCC1CCS(=O)(=O)C1)OC1CCCCC1. The summed E-state index contributed by atoms with van der Waals surface area (Å²) in [5.41, 5.74) is 0. The number of sulfone groups is 1. The molecule has 0 aromatic carbocycles. The maximum atomic E-state index is 11.5. The summed E-state index contributed by atoms with van der Waals surface area (Å²) in [6.07, 6.45) is 5.67. The van der Waals surface area contributed by atoms with E-state index < -0.39 is 15.9 Å². The fourth-order valence-corrected chi connectivity index (χ4v) is 4.50. The molecule has 1 aliphatic heterocycles. The first kappa shape index (κ1) is 13.6. The second-order valence-corrected chi connectivity index (χ2v) is 7.54. The third kappa shape index (κ3) is 4.15. The monoisotopic (exact) mass is 275 g/mol. The molecule has 104 valence electrons. The van der Waals surface area contributed by atoms with Crippen molar-refractivity contribution >= 4 is 15.9 Å². The Bertz CT molecular complexity index is 387. The topological polar surface area (TPSA) is 72.5 Å². The smallest absolute Gasteiger partial charge is 0.407 e. The highest BCUT2D eigenvalue weighted by molar-refractivity contribution is 7.91. The van der Waals surface area contributed by atoms with Crippen molar-refractivity contribution in [1.82, 2.24) is 5.32 Å². The highest BCUT2D eigenvalue weighted by Crippen LogP contribution is 2.20. The van der Waals surface area contributed by atoms with Gasteiger partial charge in [0.25, 0.3) is 0 Å². The molecule has 0 radical (unpaired) electrons. The van der Waals surface area contributed by atoms with Gasteiger partial charge in [-0.2, -0.15) is 0 Å². The van der Waals surface area contributed by atoms with E-state index in [2.05, 4.69) is 5.32 Å². The molecule has 1 saturated carbocycles. The summed E-state index contributed by atoms with van der Waals surface area (Å²) in [4.78, 5) is 11.5. The van der Waals surface area contributed by atoms with Crippen molar-refractivity contribution in [2.75, 3.05) is 18.1 Å². The molecule has 1 saturated heterocycles. The summed E-state index contributed by atoms with van der Waals surface area (Å²) in [6.45, 7) is 0.408. The minimum absolute atomic E-state index is 0.0473. The summed E-state index contributed by atoms with van der Waals surface area (Å²) in [7, 11) is -2.86. The molecule has 1 unspecified atom stereocenters. The number of alkyl carbamates (subject to hydrolysis) is 1. The highest BCUT2D eigenvalue weighted by Gasteiger charge is 2.28. The number of amides is 1. The van der Waals surface area contributed by atoms with Gasteiger partial charge in [0.1, 0.15) is 6.10 Å². The third-order valence-corrected chi connectivity index (χ3v) is 5.52. The van der Waals surface area contributed by atoms with Crippen molar-refractivity contribution < 1.29 is 17.9 Å². The van der Waals surface area contributed by atoms with E-state index in [1.165, 1.54) is 6.42 Å². The van der Waals surface area contributed by atoms with Gasteiger partial charge in [-0.25, -0.2) is 13.2 Å². The average molecular weight is 275 g/mol. The predicted molar refractivity (Wildman–Crippen MR) is 68.1 cm³/mol. The number of ether oxygens (including phenoxy) is 1. The van der Waals surface area contributed by atoms with Crippen LogP contribution in [0.1, 0.15) is 38.5 Å². The number of hydrogen-bond donors (Lipinski definition) is 1. The van der Waals surface area contributed by atoms with Crippen molar-refractivity contribution in [2.24, 2.45) is 5.92 Å². The zero-order valence-corrected chi connectivity index (χ0v) is 11.4. The normalized spacial score (nSPS) is 27.9. The van der Waals surface area contributed by atoms with Crippen LogP contribution < -0.4 is 5.32 Å². The molecule has 1 heterocycles. The van der Waals surface area contributed by atoms with E-state index in [4.69, 9.17) is 4.74 Å². The maximum absolute atomic E-state index is 11.5. The largest absolute Gasteiger partial charge is 0.446 e. The summed E-state index contributed by atoms with van der Waals surface area (Å²) >= 11 is 0. The second-order valence-electron chi connectivity index (χ2n) is 5.32. The summed E-state index contributed by atoms with van der Waals surface area (Å²) < 4.78 is 27.8. The first-order valence-electron chi connectivity index (χ1n) is 6.70. The first-order chi connectivity index (χ1) is 8.55. The lowest BCUT2D eigenvalue weighted by Gasteiger charge is -2.22. The lowest BCUT2D eigenvalue weighted by Crippen LogP contribution is -2.33. The number of nitrogens with one attached hydrogen (secondary N) is 1. The molecule has 2 aliphatic rings. The van der Waals surface area contributed by atoms with E-state index in [9.17, 15) is 13.2 Å². The van der Waals surface area contributed by atoms with Crippen LogP contribution >= 0.6 is 0 Å². The fourth-order valence-electron chi connectivity index (χ4n) is 2.64. The Balaban J connectivity index is 1.65. The minimum atomic E-state index is -2.86. The summed E-state index contributed by atoms with van der Waals surface area (Å²) in [5.74, 6) is 0.488. The lowest BCUT2D eigenvalue weighted by molar-refractivity contribution is 0.0747. The van der Waals surface area contributed by atoms with Gasteiger partial charge in [0, 0.05) is 6.54 Å². The standard InChI is InChI=1S/C12H21NO4S/c14-12(17-11-4-2-1-3-5-11)13-8-10-6-7-18(15,16)9-10/h10-11H,1-9H2,(H,13,14). The van der Waals surface area contributed by atoms with E-state index in [0.29, 0.717) is 13.0 Å². The molecule has 0 bridgehead atoms. The molecular weight excluding hydrogens is 254 g/mol. The van der Waals surface area contributed by atoms with Crippen molar-refractivity contribution in [1.29, 1.82) is 0 Å². The molecule has 1 amide bonds. The molecule has 1 N–H and O–H groups in total. The Morgan fingerprint density at radius 2 is 1.89 bits per heavy atom. The Hall–Kier alpha value is -0.780. The number of rotatable bonds is 3. The van der Waals surface area contributed by atoms with Crippen LogP contribution in [0.15, 0.2) is 0 Å². The van der Waals surface area contributed by atoms with Gasteiger partial charge in [0.05, 0.1) is 11.5 Å². The molecule has 5 nitrogen and oxygen atoms in total. The molecule has 2 fully saturated rings. The Morgan fingerprint density at radius 1 is 1.17 bits per heavy atom. The van der Waals surface area contributed by atoms with Crippen molar-refractivity contribution in [3.63, 3.8) is 0 Å². The van der Waals surface area contributed by atoms with Gasteiger partial charge in [-0.3, -0.25) is 0 Å². The van der Waals surface area contributed by atoms with Gasteiger partial charge < -0.3 is 10.1 Å². The van der Waals surface area contributed by atoms with Crippen molar-refractivity contribution in [2.45, 2.75) is 44.6 Å². The van der Waals surface area contributed by atoms with Crippen LogP contribution in [0.4, 0.5) is 4.79 Å². The Labute approximate surface area is 108 Å². The zero-order valence-electron chi connectivity index (χ0n) is 10.6. The number of carbonyl (C=O) groups excluding carboxylic acids is 1. The van der Waals surface area contributed by atoms with Crippen LogP contribution in [0.3, 0.4) is 0 Å². The van der Waals surface area contributed by atoms with Crippen LogP contribution in [0.5, 0.6) is 0 Å². The van der Waals surface area contributed by atoms with Crippen LogP contribution in [-0.2, 0) is 14.6 Å². The van der Waals surface area contributed by atoms with Gasteiger partial charge in [-0.1, -0.05) is 6.42 Å². The molecule has 6 heteroatoms. The number of carbonyl (C=O) groups is 1. The van der Waals surface area contributed by atoms with Gasteiger partial charge in [-0.05, 0) is 38.0 Å². The summed E-state index contributed by atoms with van der Waals surface area (Å²) in [5, 5.41) is 2.68. The van der Waals surface area contributed by atoms with Crippen molar-refractivity contribution in [3.8, 4) is 0 Å². The highest BCUT2D eigenvalue weighted by atomic mass is 32.2. The van der Waals surface area contributed by atoms with Gasteiger partial charge >= 0.3 is 6.09 Å². The van der Waals surface area contributed by atoms with E-state index in [1.54, 1.807) is 0 Å². The average Bonchev–Trinajstić information content (AvgIpc) is 2.68. The second kappa shape index (κ2) is 5.91. The summed E-state index contributed by atoms with van der Waals surface area (Å²) in [6, 6.07) is 0.